The van der Waals surface area contributed by atoms with Gasteiger partial charge in [-0.2, -0.15) is 0 Å². The molecular formula is C15H18N2O3S. The van der Waals surface area contributed by atoms with Gasteiger partial charge in [-0.3, -0.25) is 9.59 Å². The maximum Gasteiger partial charge on any atom is 0.303 e. The van der Waals surface area contributed by atoms with Crippen molar-refractivity contribution in [2.24, 2.45) is 0 Å². The van der Waals surface area contributed by atoms with Crippen molar-refractivity contribution < 1.29 is 14.7 Å². The fourth-order valence-corrected chi connectivity index (χ4v) is 3.04. The maximum absolute atomic E-state index is 11.8. The van der Waals surface area contributed by atoms with E-state index in [1.807, 2.05) is 18.6 Å². The van der Waals surface area contributed by atoms with Gasteiger partial charge >= 0.3 is 5.97 Å². The number of carboxylic acids is 1. The van der Waals surface area contributed by atoms with E-state index < -0.39 is 5.97 Å². The first-order chi connectivity index (χ1) is 10.1. The van der Waals surface area contributed by atoms with Crippen molar-refractivity contribution in [3.63, 3.8) is 0 Å². The lowest BCUT2D eigenvalue weighted by atomic mass is 10.2. The Morgan fingerprint density at radius 3 is 2.81 bits per heavy atom. The summed E-state index contributed by atoms with van der Waals surface area (Å²) in [7, 11) is 0. The quantitative estimate of drug-likeness (QED) is 0.571. The molecule has 0 aliphatic heterocycles. The molecule has 0 spiro atoms. The van der Waals surface area contributed by atoms with Gasteiger partial charge in [0.1, 0.15) is 0 Å². The summed E-state index contributed by atoms with van der Waals surface area (Å²) in [5, 5.41) is 8.58. The lowest BCUT2D eigenvalue weighted by Gasteiger charge is -2.01. The monoisotopic (exact) mass is 306 g/mol. The summed E-state index contributed by atoms with van der Waals surface area (Å²) in [5.74, 6) is -1.01. The van der Waals surface area contributed by atoms with Crippen LogP contribution in [0.25, 0.3) is 0 Å². The van der Waals surface area contributed by atoms with Crippen LogP contribution in [0.3, 0.4) is 0 Å². The van der Waals surface area contributed by atoms with Crippen molar-refractivity contribution in [1.29, 1.82) is 0 Å². The lowest BCUT2D eigenvalue weighted by Crippen LogP contribution is -2.01. The predicted octanol–water partition coefficient (Wildman–Crippen LogP) is 3.02. The first kappa shape index (κ1) is 15.4. The van der Waals surface area contributed by atoms with Crippen molar-refractivity contribution in [2.75, 3.05) is 0 Å². The second-order valence-corrected chi connectivity index (χ2v) is 6.01. The average Bonchev–Trinajstić information content (AvgIpc) is 3.12. The molecule has 0 aromatic carbocycles. The highest BCUT2D eigenvalue weighted by atomic mass is 32.1. The fraction of sp³-hybridized carbons (Fsp3) is 0.400. The minimum absolute atomic E-state index is 0.0768. The first-order valence-electron chi connectivity index (χ1n) is 6.94. The molecule has 2 rings (SSSR count). The number of hydrogen-bond donors (Lipinski definition) is 1. The van der Waals surface area contributed by atoms with Crippen LogP contribution in [0.1, 0.15) is 40.2 Å². The summed E-state index contributed by atoms with van der Waals surface area (Å²) >= 11 is 1.48. The number of carbonyl (C=O) groups excluding carboxylic acids is 1. The van der Waals surface area contributed by atoms with Gasteiger partial charge in [-0.25, -0.2) is 4.98 Å². The number of unbranched alkanes of at least 4 members (excludes halogenated alkanes) is 1. The van der Waals surface area contributed by atoms with Crippen LogP contribution in [0.15, 0.2) is 30.9 Å². The third kappa shape index (κ3) is 5.15. The number of thiophene rings is 1. The second kappa shape index (κ2) is 7.73. The number of hydrogen-bond acceptors (Lipinski definition) is 4. The Hall–Kier alpha value is -1.95. The zero-order chi connectivity index (χ0) is 15.1. The average molecular weight is 306 g/mol. The molecule has 0 radical (unpaired) electrons. The molecule has 0 bridgehead atoms. The number of aromatic nitrogens is 2. The zero-order valence-corrected chi connectivity index (χ0v) is 12.5. The molecule has 0 aliphatic carbocycles. The van der Waals surface area contributed by atoms with Crippen LogP contribution in [0, 0.1) is 0 Å². The Balaban J connectivity index is 1.72. The number of rotatable bonds is 9. The van der Waals surface area contributed by atoms with Crippen LogP contribution < -0.4 is 0 Å². The summed E-state index contributed by atoms with van der Waals surface area (Å²) in [4.78, 5) is 28.1. The largest absolute Gasteiger partial charge is 0.481 e. The number of imidazole rings is 1. The summed E-state index contributed by atoms with van der Waals surface area (Å²) in [6, 6.07) is 3.77. The van der Waals surface area contributed by atoms with E-state index in [4.69, 9.17) is 5.11 Å². The molecule has 0 saturated carbocycles. The Labute approximate surface area is 127 Å². The molecule has 0 atom stereocenters. The van der Waals surface area contributed by atoms with Gasteiger partial charge in [-0.15, -0.1) is 11.3 Å². The molecule has 2 aromatic heterocycles. The number of nitrogens with zero attached hydrogens (tertiary/aromatic N) is 2. The Morgan fingerprint density at radius 2 is 2.10 bits per heavy atom. The molecule has 2 aromatic rings. The third-order valence-electron chi connectivity index (χ3n) is 3.15. The standard InChI is InChI=1S/C15H18N2O3S/c18-13(5-7-15(19)20)14-6-4-12(21-14)3-1-2-9-17-10-8-16-11-17/h4,6,8,10-11H,1-3,5,7,9H2,(H,19,20). The topological polar surface area (TPSA) is 72.2 Å². The molecule has 0 amide bonds. The highest BCUT2D eigenvalue weighted by Crippen LogP contribution is 2.20. The van der Waals surface area contributed by atoms with Crippen molar-refractivity contribution in [3.8, 4) is 0 Å². The highest BCUT2D eigenvalue weighted by Gasteiger charge is 2.11. The normalized spacial score (nSPS) is 10.7. The van der Waals surface area contributed by atoms with E-state index in [1.54, 1.807) is 12.3 Å². The van der Waals surface area contributed by atoms with Gasteiger partial charge in [-0.1, -0.05) is 0 Å². The molecule has 2 heterocycles. The van der Waals surface area contributed by atoms with Gasteiger partial charge < -0.3 is 9.67 Å². The summed E-state index contributed by atoms with van der Waals surface area (Å²) in [6.45, 7) is 0.954. The predicted molar refractivity (Wildman–Crippen MR) is 80.7 cm³/mol. The van der Waals surface area contributed by atoms with Crippen LogP contribution in [0.5, 0.6) is 0 Å². The van der Waals surface area contributed by atoms with Gasteiger partial charge in [-0.05, 0) is 31.4 Å². The van der Waals surface area contributed by atoms with Crippen LogP contribution in [0.4, 0.5) is 0 Å². The van der Waals surface area contributed by atoms with Crippen LogP contribution >= 0.6 is 11.3 Å². The van der Waals surface area contributed by atoms with Crippen molar-refractivity contribution in [2.45, 2.75) is 38.6 Å². The second-order valence-electron chi connectivity index (χ2n) is 4.84. The van der Waals surface area contributed by atoms with E-state index >= 15 is 0 Å². The molecule has 6 heteroatoms. The Morgan fingerprint density at radius 1 is 1.24 bits per heavy atom. The molecule has 0 saturated heterocycles. The van der Waals surface area contributed by atoms with E-state index in [2.05, 4.69) is 9.55 Å². The van der Waals surface area contributed by atoms with Gasteiger partial charge in [0.25, 0.3) is 0 Å². The maximum atomic E-state index is 11.8. The van der Waals surface area contributed by atoms with Crippen molar-refractivity contribution >= 4 is 23.1 Å². The minimum Gasteiger partial charge on any atom is -0.481 e. The van der Waals surface area contributed by atoms with Gasteiger partial charge in [0.15, 0.2) is 5.78 Å². The molecular weight excluding hydrogens is 288 g/mol. The van der Waals surface area contributed by atoms with E-state index in [9.17, 15) is 9.59 Å². The number of aryl methyl sites for hydroxylation is 2. The smallest absolute Gasteiger partial charge is 0.303 e. The highest BCUT2D eigenvalue weighted by molar-refractivity contribution is 7.14. The van der Waals surface area contributed by atoms with E-state index in [0.29, 0.717) is 4.88 Å². The summed E-state index contributed by atoms with van der Waals surface area (Å²) in [6.07, 6.45) is 8.58. The summed E-state index contributed by atoms with van der Waals surface area (Å²) < 4.78 is 2.05. The fourth-order valence-electron chi connectivity index (χ4n) is 2.02. The molecule has 1 N–H and O–H groups in total. The third-order valence-corrected chi connectivity index (χ3v) is 4.34. The number of ketones is 1. The first-order valence-corrected chi connectivity index (χ1v) is 7.76. The van der Waals surface area contributed by atoms with Crippen LogP contribution in [0.2, 0.25) is 0 Å². The van der Waals surface area contributed by atoms with Crippen molar-refractivity contribution in [3.05, 3.63) is 40.6 Å². The lowest BCUT2D eigenvalue weighted by molar-refractivity contribution is -0.136. The van der Waals surface area contributed by atoms with E-state index in [0.717, 1.165) is 25.8 Å². The SMILES string of the molecule is O=C(O)CCC(=O)c1ccc(CCCCn2ccnc2)s1. The molecule has 112 valence electrons. The van der Waals surface area contributed by atoms with Gasteiger partial charge in [0, 0.05) is 30.2 Å². The zero-order valence-electron chi connectivity index (χ0n) is 11.7. The van der Waals surface area contributed by atoms with E-state index in [-0.39, 0.29) is 18.6 Å². The van der Waals surface area contributed by atoms with E-state index in [1.165, 1.54) is 16.2 Å². The molecule has 5 nitrogen and oxygen atoms in total. The van der Waals surface area contributed by atoms with Crippen LogP contribution in [-0.4, -0.2) is 26.4 Å². The summed E-state index contributed by atoms with van der Waals surface area (Å²) in [5.41, 5.74) is 0. The molecule has 0 unspecified atom stereocenters. The molecule has 0 fully saturated rings. The van der Waals surface area contributed by atoms with Gasteiger partial charge in [0.2, 0.25) is 0 Å². The number of carbonyl (C=O) groups is 2. The van der Waals surface area contributed by atoms with Gasteiger partial charge in [0.05, 0.1) is 17.6 Å². The Kier molecular flexibility index (Phi) is 5.68. The molecule has 21 heavy (non-hydrogen) atoms. The minimum atomic E-state index is -0.931. The molecule has 0 aliphatic rings. The number of aliphatic carboxylic acids is 1. The Bertz CT molecular complexity index is 590. The van der Waals surface area contributed by atoms with Crippen molar-refractivity contribution in [1.82, 2.24) is 9.55 Å². The van der Waals surface area contributed by atoms with Crippen LogP contribution in [-0.2, 0) is 17.8 Å². The number of Topliss-reactive ketones (excluding diaryl/α,β-unsaturated/α-hetero) is 1. The number of carboxylic acid groups (broad SMARTS) is 1.